The average molecular weight is 445 g/mol. The van der Waals surface area contributed by atoms with Crippen molar-refractivity contribution in [2.45, 2.75) is 20.4 Å². The fourth-order valence-corrected chi connectivity index (χ4v) is 4.20. The van der Waals surface area contributed by atoms with Crippen LogP contribution in [0, 0.1) is 13.8 Å². The van der Waals surface area contributed by atoms with Crippen LogP contribution in [0.15, 0.2) is 72.1 Å². The predicted octanol–water partition coefficient (Wildman–Crippen LogP) is 5.08. The SMILES string of the molecule is Cc1nn(-c2ccccc2)c(C)c1CN(C)C(=O)c1cccc(NC(=O)c2cccs2)c1. The van der Waals surface area contributed by atoms with Crippen LogP contribution in [-0.2, 0) is 6.54 Å². The number of aromatic nitrogens is 2. The molecule has 162 valence electrons. The molecule has 0 unspecified atom stereocenters. The number of benzene rings is 2. The molecular formula is C25H24N4O2S. The van der Waals surface area contributed by atoms with E-state index in [1.54, 1.807) is 42.3 Å². The molecular weight excluding hydrogens is 420 g/mol. The maximum Gasteiger partial charge on any atom is 0.265 e. The third-order valence-corrected chi connectivity index (χ3v) is 6.16. The van der Waals surface area contributed by atoms with Gasteiger partial charge in [0.25, 0.3) is 11.8 Å². The molecule has 2 heterocycles. The van der Waals surface area contributed by atoms with Gasteiger partial charge < -0.3 is 10.2 Å². The average Bonchev–Trinajstić information content (AvgIpc) is 3.44. The Morgan fingerprint density at radius 3 is 2.53 bits per heavy atom. The number of hydrogen-bond donors (Lipinski definition) is 1. The number of carbonyl (C=O) groups excluding carboxylic acids is 2. The van der Waals surface area contributed by atoms with Gasteiger partial charge in [-0.05, 0) is 55.6 Å². The largest absolute Gasteiger partial charge is 0.337 e. The van der Waals surface area contributed by atoms with Gasteiger partial charge in [0.15, 0.2) is 0 Å². The van der Waals surface area contributed by atoms with E-state index in [-0.39, 0.29) is 11.8 Å². The van der Waals surface area contributed by atoms with Gasteiger partial charge in [-0.2, -0.15) is 5.10 Å². The number of anilines is 1. The summed E-state index contributed by atoms with van der Waals surface area (Å²) in [7, 11) is 1.78. The zero-order chi connectivity index (χ0) is 22.7. The summed E-state index contributed by atoms with van der Waals surface area (Å²) in [6, 6.07) is 20.6. The zero-order valence-corrected chi connectivity index (χ0v) is 19.0. The van der Waals surface area contributed by atoms with Crippen molar-refractivity contribution in [3.05, 3.63) is 99.5 Å². The van der Waals surface area contributed by atoms with Gasteiger partial charge in [-0.15, -0.1) is 11.3 Å². The normalized spacial score (nSPS) is 10.7. The summed E-state index contributed by atoms with van der Waals surface area (Å²) in [4.78, 5) is 27.7. The Morgan fingerprint density at radius 2 is 1.81 bits per heavy atom. The smallest absolute Gasteiger partial charge is 0.265 e. The lowest BCUT2D eigenvalue weighted by Crippen LogP contribution is -2.27. The molecule has 1 N–H and O–H groups in total. The van der Waals surface area contributed by atoms with Crippen molar-refractivity contribution in [3.8, 4) is 5.69 Å². The molecule has 4 rings (SSSR count). The fourth-order valence-electron chi connectivity index (χ4n) is 3.58. The Morgan fingerprint density at radius 1 is 1.03 bits per heavy atom. The second kappa shape index (κ2) is 9.20. The highest BCUT2D eigenvalue weighted by Crippen LogP contribution is 2.21. The van der Waals surface area contributed by atoms with Gasteiger partial charge in [-0.3, -0.25) is 9.59 Å². The molecule has 0 aliphatic heterocycles. The molecule has 6 nitrogen and oxygen atoms in total. The van der Waals surface area contributed by atoms with E-state index in [1.165, 1.54) is 11.3 Å². The van der Waals surface area contributed by atoms with Crippen molar-refractivity contribution >= 4 is 28.8 Å². The third-order valence-electron chi connectivity index (χ3n) is 5.30. The highest BCUT2D eigenvalue weighted by molar-refractivity contribution is 7.12. The number of para-hydroxylation sites is 1. The fraction of sp³-hybridized carbons (Fsp3) is 0.160. The van der Waals surface area contributed by atoms with E-state index in [9.17, 15) is 9.59 Å². The summed E-state index contributed by atoms with van der Waals surface area (Å²) in [6.45, 7) is 4.41. The van der Waals surface area contributed by atoms with Crippen LogP contribution in [0.1, 0.15) is 37.0 Å². The first-order chi connectivity index (χ1) is 15.4. The van der Waals surface area contributed by atoms with Crippen LogP contribution in [0.3, 0.4) is 0 Å². The topological polar surface area (TPSA) is 67.2 Å². The number of hydrogen-bond acceptors (Lipinski definition) is 4. The third kappa shape index (κ3) is 4.48. The summed E-state index contributed by atoms with van der Waals surface area (Å²) in [5, 5.41) is 9.38. The van der Waals surface area contributed by atoms with E-state index in [1.807, 2.05) is 60.3 Å². The van der Waals surface area contributed by atoms with Crippen molar-refractivity contribution in [2.75, 3.05) is 12.4 Å². The number of carbonyl (C=O) groups is 2. The monoisotopic (exact) mass is 444 g/mol. The first-order valence-corrected chi connectivity index (χ1v) is 11.1. The minimum atomic E-state index is -0.183. The molecule has 0 fully saturated rings. The van der Waals surface area contributed by atoms with Gasteiger partial charge >= 0.3 is 0 Å². The summed E-state index contributed by atoms with van der Waals surface area (Å²) < 4.78 is 1.91. The van der Waals surface area contributed by atoms with E-state index in [0.29, 0.717) is 22.7 Å². The molecule has 0 spiro atoms. The molecule has 2 aromatic carbocycles. The molecule has 0 bridgehead atoms. The van der Waals surface area contributed by atoms with Crippen LogP contribution in [0.25, 0.3) is 5.69 Å². The lowest BCUT2D eigenvalue weighted by atomic mass is 10.1. The summed E-state index contributed by atoms with van der Waals surface area (Å²) in [6.07, 6.45) is 0. The van der Waals surface area contributed by atoms with Crippen LogP contribution in [0.4, 0.5) is 5.69 Å². The zero-order valence-electron chi connectivity index (χ0n) is 18.2. The van der Waals surface area contributed by atoms with E-state index in [4.69, 9.17) is 0 Å². The number of amides is 2. The number of nitrogens with one attached hydrogen (secondary N) is 1. The predicted molar refractivity (Wildman–Crippen MR) is 128 cm³/mol. The summed E-state index contributed by atoms with van der Waals surface area (Å²) in [5.74, 6) is -0.305. The lowest BCUT2D eigenvalue weighted by molar-refractivity contribution is 0.0784. The van der Waals surface area contributed by atoms with Crippen LogP contribution >= 0.6 is 11.3 Å². The lowest BCUT2D eigenvalue weighted by Gasteiger charge is -2.18. The Balaban J connectivity index is 1.50. The maximum absolute atomic E-state index is 13.1. The van der Waals surface area contributed by atoms with Crippen molar-refractivity contribution in [2.24, 2.45) is 0 Å². The molecule has 32 heavy (non-hydrogen) atoms. The second-order valence-electron chi connectivity index (χ2n) is 7.57. The van der Waals surface area contributed by atoms with Gasteiger partial charge in [-0.1, -0.05) is 30.3 Å². The first-order valence-electron chi connectivity index (χ1n) is 10.2. The van der Waals surface area contributed by atoms with Crippen molar-refractivity contribution < 1.29 is 9.59 Å². The van der Waals surface area contributed by atoms with Crippen LogP contribution < -0.4 is 5.32 Å². The molecule has 2 amide bonds. The van der Waals surface area contributed by atoms with E-state index >= 15 is 0 Å². The molecule has 4 aromatic rings. The van der Waals surface area contributed by atoms with Gasteiger partial charge in [0.1, 0.15) is 0 Å². The minimum Gasteiger partial charge on any atom is -0.337 e. The van der Waals surface area contributed by atoms with Crippen molar-refractivity contribution in [1.82, 2.24) is 14.7 Å². The molecule has 0 atom stereocenters. The molecule has 0 aliphatic carbocycles. The summed E-state index contributed by atoms with van der Waals surface area (Å²) in [5.41, 5.74) is 5.01. The Bertz CT molecular complexity index is 1250. The van der Waals surface area contributed by atoms with Gasteiger partial charge in [0.05, 0.1) is 16.3 Å². The highest BCUT2D eigenvalue weighted by Gasteiger charge is 2.19. The van der Waals surface area contributed by atoms with Crippen LogP contribution in [-0.4, -0.2) is 33.5 Å². The molecule has 0 saturated heterocycles. The van der Waals surface area contributed by atoms with Crippen LogP contribution in [0.2, 0.25) is 0 Å². The van der Waals surface area contributed by atoms with Crippen molar-refractivity contribution in [3.63, 3.8) is 0 Å². The summed E-state index contributed by atoms with van der Waals surface area (Å²) >= 11 is 1.37. The minimum absolute atomic E-state index is 0.122. The van der Waals surface area contributed by atoms with Gasteiger partial charge in [0, 0.05) is 36.1 Å². The first kappa shape index (κ1) is 21.5. The number of nitrogens with zero attached hydrogens (tertiary/aromatic N) is 3. The van der Waals surface area contributed by atoms with Crippen LogP contribution in [0.5, 0.6) is 0 Å². The van der Waals surface area contributed by atoms with Gasteiger partial charge in [0.2, 0.25) is 0 Å². The second-order valence-corrected chi connectivity index (χ2v) is 8.52. The Kier molecular flexibility index (Phi) is 6.18. The van der Waals surface area contributed by atoms with E-state index in [2.05, 4.69) is 10.4 Å². The molecule has 0 saturated carbocycles. The molecule has 2 aromatic heterocycles. The maximum atomic E-state index is 13.1. The standard InChI is InChI=1S/C25H24N4O2S/c1-17-22(18(2)29(27-17)21-11-5-4-6-12-21)16-28(3)25(31)19-9-7-10-20(15-19)26-24(30)23-13-8-14-32-23/h4-15H,16H2,1-3H3,(H,26,30). The molecule has 0 aliphatic rings. The van der Waals surface area contributed by atoms with Crippen molar-refractivity contribution in [1.29, 1.82) is 0 Å². The van der Waals surface area contributed by atoms with Gasteiger partial charge in [-0.25, -0.2) is 4.68 Å². The molecule has 0 radical (unpaired) electrons. The molecule has 7 heteroatoms. The number of thiophene rings is 1. The Labute approximate surface area is 191 Å². The quantitative estimate of drug-likeness (QED) is 0.451. The number of aryl methyl sites for hydroxylation is 1. The van der Waals surface area contributed by atoms with E-state index < -0.39 is 0 Å². The van der Waals surface area contributed by atoms with E-state index in [0.717, 1.165) is 22.6 Å². The number of rotatable bonds is 6. The highest BCUT2D eigenvalue weighted by atomic mass is 32.1. The Hall–Kier alpha value is -3.71.